The van der Waals surface area contributed by atoms with Crippen LogP contribution in [0.2, 0.25) is 0 Å². The fraction of sp³-hybridized carbons (Fsp3) is 0.273. The molecule has 2 aliphatic heterocycles. The van der Waals surface area contributed by atoms with Gasteiger partial charge in [0, 0.05) is 18.0 Å². The number of hydrogen-bond acceptors (Lipinski definition) is 4. The summed E-state index contributed by atoms with van der Waals surface area (Å²) < 4.78 is 5.55. The summed E-state index contributed by atoms with van der Waals surface area (Å²) in [4.78, 5) is 28.8. The summed E-state index contributed by atoms with van der Waals surface area (Å²) in [5.41, 5.74) is 1.73. The van der Waals surface area contributed by atoms with Crippen molar-refractivity contribution in [3.63, 3.8) is 0 Å². The Bertz CT molecular complexity index is 892. The first-order valence-electron chi connectivity index (χ1n) is 9.44. The van der Waals surface area contributed by atoms with Crippen molar-refractivity contribution in [2.45, 2.75) is 23.8 Å². The highest BCUT2D eigenvalue weighted by Gasteiger charge is 2.30. The number of amides is 2. The summed E-state index contributed by atoms with van der Waals surface area (Å²) in [5.74, 6) is -0.329. The summed E-state index contributed by atoms with van der Waals surface area (Å²) in [6, 6.07) is 17.4. The van der Waals surface area contributed by atoms with Gasteiger partial charge in [0.05, 0.1) is 16.7 Å². The summed E-state index contributed by atoms with van der Waals surface area (Å²) in [6.45, 7) is 1.24. The van der Waals surface area contributed by atoms with Crippen LogP contribution in [0.4, 0.5) is 5.69 Å². The second-order valence-electron chi connectivity index (χ2n) is 6.82. The van der Waals surface area contributed by atoms with Gasteiger partial charge in [-0.3, -0.25) is 14.5 Å². The van der Waals surface area contributed by atoms with Crippen LogP contribution in [0.15, 0.2) is 64.4 Å². The van der Waals surface area contributed by atoms with E-state index in [2.05, 4.69) is 5.32 Å². The van der Waals surface area contributed by atoms with Gasteiger partial charge >= 0.3 is 0 Å². The topological polar surface area (TPSA) is 58.6 Å². The molecule has 1 fully saturated rings. The number of carbonyl (C=O) groups excluding carboxylic acids is 2. The molecule has 2 aromatic rings. The predicted molar refractivity (Wildman–Crippen MR) is 111 cm³/mol. The maximum atomic E-state index is 13.1. The SMILES string of the molecule is O=C(CN1C(=O)/C(=C/c2ccccc2)Sc2ccccc21)NCC1CCCO1. The summed E-state index contributed by atoms with van der Waals surface area (Å²) in [5, 5.41) is 2.90. The normalized spacial score (nSPS) is 20.3. The van der Waals surface area contributed by atoms with Crippen LogP contribution in [-0.4, -0.2) is 37.6 Å². The first kappa shape index (κ1) is 18.8. The van der Waals surface area contributed by atoms with Crippen molar-refractivity contribution in [2.75, 3.05) is 24.6 Å². The molecule has 1 saturated heterocycles. The van der Waals surface area contributed by atoms with Crippen molar-refractivity contribution in [3.8, 4) is 0 Å². The number of thioether (sulfide) groups is 1. The van der Waals surface area contributed by atoms with E-state index in [1.807, 2.05) is 60.7 Å². The third-order valence-electron chi connectivity index (χ3n) is 4.78. The minimum atomic E-state index is -0.176. The van der Waals surface area contributed by atoms with Crippen LogP contribution in [0.5, 0.6) is 0 Å². The number of ether oxygens (including phenoxy) is 1. The quantitative estimate of drug-likeness (QED) is 0.789. The summed E-state index contributed by atoms with van der Waals surface area (Å²) in [7, 11) is 0. The van der Waals surface area contributed by atoms with Crippen LogP contribution in [-0.2, 0) is 14.3 Å². The fourth-order valence-corrected chi connectivity index (χ4v) is 4.41. The first-order valence-corrected chi connectivity index (χ1v) is 10.3. The molecule has 2 heterocycles. The zero-order chi connectivity index (χ0) is 19.3. The largest absolute Gasteiger partial charge is 0.376 e. The number of hydrogen-bond donors (Lipinski definition) is 1. The Hall–Kier alpha value is -2.57. The van der Waals surface area contributed by atoms with E-state index < -0.39 is 0 Å². The molecule has 0 aliphatic carbocycles. The molecule has 0 saturated carbocycles. The molecular formula is C22H22N2O3S. The van der Waals surface area contributed by atoms with Crippen LogP contribution >= 0.6 is 11.8 Å². The number of carbonyl (C=O) groups is 2. The highest BCUT2D eigenvalue weighted by Crippen LogP contribution is 2.41. The van der Waals surface area contributed by atoms with Gasteiger partial charge in [-0.1, -0.05) is 54.2 Å². The van der Waals surface area contributed by atoms with Crippen LogP contribution in [0.25, 0.3) is 6.08 Å². The van der Waals surface area contributed by atoms with E-state index >= 15 is 0 Å². The molecule has 0 aromatic heterocycles. The Morgan fingerprint density at radius 3 is 2.75 bits per heavy atom. The van der Waals surface area contributed by atoms with Crippen LogP contribution in [0.3, 0.4) is 0 Å². The molecule has 0 bridgehead atoms. The smallest absolute Gasteiger partial charge is 0.265 e. The Balaban J connectivity index is 1.53. The number of benzene rings is 2. The van der Waals surface area contributed by atoms with Crippen molar-refractivity contribution in [1.82, 2.24) is 5.32 Å². The first-order chi connectivity index (χ1) is 13.7. The number of fused-ring (bicyclic) bond motifs is 1. The lowest BCUT2D eigenvalue weighted by atomic mass is 10.2. The number of para-hydroxylation sites is 1. The summed E-state index contributed by atoms with van der Waals surface area (Å²) in [6.07, 6.45) is 3.95. The van der Waals surface area contributed by atoms with E-state index in [9.17, 15) is 9.59 Å². The third-order valence-corrected chi connectivity index (χ3v) is 5.86. The molecule has 1 N–H and O–H groups in total. The second kappa shape index (κ2) is 8.63. The van der Waals surface area contributed by atoms with Crippen molar-refractivity contribution >= 4 is 35.3 Å². The summed E-state index contributed by atoms with van der Waals surface area (Å²) >= 11 is 1.44. The fourth-order valence-electron chi connectivity index (χ4n) is 3.35. The second-order valence-corrected chi connectivity index (χ2v) is 7.90. The van der Waals surface area contributed by atoms with Gasteiger partial charge < -0.3 is 10.1 Å². The zero-order valence-corrected chi connectivity index (χ0v) is 16.3. The minimum absolute atomic E-state index is 0.00471. The van der Waals surface area contributed by atoms with Gasteiger partial charge in [0.2, 0.25) is 5.91 Å². The molecule has 1 unspecified atom stereocenters. The van der Waals surface area contributed by atoms with E-state index in [4.69, 9.17) is 4.74 Å². The molecule has 1 atom stereocenters. The zero-order valence-electron chi connectivity index (χ0n) is 15.5. The molecule has 2 aliphatic rings. The third kappa shape index (κ3) is 4.29. The van der Waals surface area contributed by atoms with Gasteiger partial charge in [0.1, 0.15) is 6.54 Å². The lowest BCUT2D eigenvalue weighted by Crippen LogP contribution is -2.44. The number of nitrogens with zero attached hydrogens (tertiary/aromatic N) is 1. The Kier molecular flexibility index (Phi) is 5.78. The molecule has 0 radical (unpaired) electrons. The van der Waals surface area contributed by atoms with E-state index in [0.717, 1.165) is 35.6 Å². The van der Waals surface area contributed by atoms with E-state index in [-0.39, 0.29) is 24.5 Å². The maximum absolute atomic E-state index is 13.1. The van der Waals surface area contributed by atoms with Gasteiger partial charge in [-0.15, -0.1) is 0 Å². The van der Waals surface area contributed by atoms with Gasteiger partial charge in [-0.2, -0.15) is 0 Å². The minimum Gasteiger partial charge on any atom is -0.376 e. The van der Waals surface area contributed by atoms with Gasteiger partial charge in [-0.25, -0.2) is 0 Å². The Morgan fingerprint density at radius 1 is 1.18 bits per heavy atom. The van der Waals surface area contributed by atoms with Gasteiger partial charge in [0.25, 0.3) is 5.91 Å². The molecule has 144 valence electrons. The van der Waals surface area contributed by atoms with E-state index in [1.54, 1.807) is 4.90 Å². The highest BCUT2D eigenvalue weighted by atomic mass is 32.2. The highest BCUT2D eigenvalue weighted by molar-refractivity contribution is 8.04. The predicted octanol–water partition coefficient (Wildman–Crippen LogP) is 3.46. The van der Waals surface area contributed by atoms with E-state index in [1.165, 1.54) is 11.8 Å². The van der Waals surface area contributed by atoms with Gasteiger partial charge in [0.15, 0.2) is 0 Å². The molecule has 6 heteroatoms. The molecule has 28 heavy (non-hydrogen) atoms. The molecule has 4 rings (SSSR count). The maximum Gasteiger partial charge on any atom is 0.265 e. The molecule has 2 amide bonds. The Labute approximate surface area is 168 Å². The molecule has 2 aromatic carbocycles. The lowest BCUT2D eigenvalue weighted by Gasteiger charge is -2.30. The molecular weight excluding hydrogens is 372 g/mol. The van der Waals surface area contributed by atoms with Crippen molar-refractivity contribution in [2.24, 2.45) is 0 Å². The molecule has 0 spiro atoms. The van der Waals surface area contributed by atoms with Crippen molar-refractivity contribution in [3.05, 3.63) is 65.1 Å². The van der Waals surface area contributed by atoms with Crippen molar-refractivity contribution in [1.29, 1.82) is 0 Å². The van der Waals surface area contributed by atoms with Crippen molar-refractivity contribution < 1.29 is 14.3 Å². The monoisotopic (exact) mass is 394 g/mol. The molecule has 5 nitrogen and oxygen atoms in total. The van der Waals surface area contributed by atoms with Crippen LogP contribution in [0.1, 0.15) is 18.4 Å². The Morgan fingerprint density at radius 2 is 1.96 bits per heavy atom. The van der Waals surface area contributed by atoms with E-state index in [0.29, 0.717) is 11.4 Å². The number of anilines is 1. The number of nitrogens with one attached hydrogen (secondary N) is 1. The van der Waals surface area contributed by atoms with Crippen LogP contribution < -0.4 is 10.2 Å². The van der Waals surface area contributed by atoms with Gasteiger partial charge in [-0.05, 0) is 36.6 Å². The standard InChI is InChI=1S/C22H22N2O3S/c25-21(23-14-17-9-6-12-27-17)15-24-18-10-4-5-11-19(18)28-20(22(24)26)13-16-7-2-1-3-8-16/h1-5,7-8,10-11,13,17H,6,9,12,14-15H2,(H,23,25)/b20-13-. The lowest BCUT2D eigenvalue weighted by molar-refractivity contribution is -0.122. The average Bonchev–Trinajstić information content (AvgIpc) is 3.24. The van der Waals surface area contributed by atoms with Crippen LogP contribution in [0, 0.1) is 0 Å². The number of rotatable bonds is 5. The average molecular weight is 394 g/mol.